The third kappa shape index (κ3) is 5.02. The van der Waals surface area contributed by atoms with Crippen LogP contribution in [0.25, 0.3) is 0 Å². The highest BCUT2D eigenvalue weighted by atomic mass is 35.5. The molecule has 2 N–H and O–H groups in total. The van der Waals surface area contributed by atoms with Crippen molar-refractivity contribution < 1.29 is 9.53 Å². The number of hydrogen-bond acceptors (Lipinski definition) is 3. The van der Waals surface area contributed by atoms with Gasteiger partial charge in [0.2, 0.25) is 0 Å². The number of benzene rings is 1. The third-order valence-corrected chi connectivity index (χ3v) is 3.27. The van der Waals surface area contributed by atoms with Crippen molar-refractivity contribution in [2.24, 2.45) is 5.73 Å². The van der Waals surface area contributed by atoms with Crippen LogP contribution in [0, 0.1) is 0 Å². The quantitative estimate of drug-likeness (QED) is 0.841. The van der Waals surface area contributed by atoms with E-state index in [1.54, 1.807) is 17.0 Å². The molecule has 1 aromatic carbocycles. The van der Waals surface area contributed by atoms with Gasteiger partial charge >= 0.3 is 0 Å². The summed E-state index contributed by atoms with van der Waals surface area (Å²) >= 11 is 5.99. The number of ether oxygens (including phenoxy) is 1. The molecule has 0 aliphatic rings. The summed E-state index contributed by atoms with van der Waals surface area (Å²) < 4.78 is 5.63. The predicted molar refractivity (Wildman–Crippen MR) is 82.2 cm³/mol. The van der Waals surface area contributed by atoms with E-state index in [0.29, 0.717) is 30.3 Å². The van der Waals surface area contributed by atoms with Crippen molar-refractivity contribution in [3.63, 3.8) is 0 Å². The highest BCUT2D eigenvalue weighted by molar-refractivity contribution is 6.30. The summed E-state index contributed by atoms with van der Waals surface area (Å²) in [5, 5.41) is 0.642. The van der Waals surface area contributed by atoms with E-state index >= 15 is 0 Å². The van der Waals surface area contributed by atoms with Crippen molar-refractivity contribution in [3.05, 3.63) is 28.8 Å². The monoisotopic (exact) mass is 298 g/mol. The largest absolute Gasteiger partial charge is 0.483 e. The molecular weight excluding hydrogens is 276 g/mol. The maximum Gasteiger partial charge on any atom is 0.260 e. The fourth-order valence-electron chi connectivity index (χ4n) is 2.00. The number of rotatable bonds is 7. The molecule has 0 saturated carbocycles. The van der Waals surface area contributed by atoms with Crippen LogP contribution in [-0.4, -0.2) is 36.5 Å². The van der Waals surface area contributed by atoms with E-state index in [2.05, 4.69) is 0 Å². The molecule has 0 spiro atoms. The van der Waals surface area contributed by atoms with Gasteiger partial charge in [-0.2, -0.15) is 0 Å². The third-order valence-electron chi connectivity index (χ3n) is 3.03. The molecule has 1 aromatic rings. The zero-order chi connectivity index (χ0) is 15.1. The smallest absolute Gasteiger partial charge is 0.260 e. The molecule has 20 heavy (non-hydrogen) atoms. The van der Waals surface area contributed by atoms with Gasteiger partial charge in [0, 0.05) is 24.2 Å². The average molecular weight is 299 g/mol. The maximum absolute atomic E-state index is 11.9. The van der Waals surface area contributed by atoms with Crippen molar-refractivity contribution >= 4 is 17.5 Å². The summed E-state index contributed by atoms with van der Waals surface area (Å²) in [5.74, 6) is 0.656. The number of carbonyl (C=O) groups excluding carboxylic acids is 1. The minimum Gasteiger partial charge on any atom is -0.483 e. The van der Waals surface area contributed by atoms with Crippen molar-refractivity contribution in [1.82, 2.24) is 4.90 Å². The highest BCUT2D eigenvalue weighted by Crippen LogP contribution is 2.24. The normalized spacial score (nSPS) is 12.1. The van der Waals surface area contributed by atoms with Crippen LogP contribution < -0.4 is 10.5 Å². The Balaban J connectivity index is 2.74. The lowest BCUT2D eigenvalue weighted by molar-refractivity contribution is -0.132. The van der Waals surface area contributed by atoms with Crippen LogP contribution in [0.5, 0.6) is 5.75 Å². The molecule has 112 valence electrons. The van der Waals surface area contributed by atoms with E-state index in [-0.39, 0.29) is 18.6 Å². The Bertz CT molecular complexity index is 445. The predicted octanol–water partition coefficient (Wildman–Crippen LogP) is 2.48. The van der Waals surface area contributed by atoms with E-state index in [1.807, 2.05) is 26.8 Å². The van der Waals surface area contributed by atoms with Gasteiger partial charge in [-0.25, -0.2) is 0 Å². The van der Waals surface area contributed by atoms with Crippen molar-refractivity contribution in [3.8, 4) is 5.75 Å². The second-order valence-electron chi connectivity index (χ2n) is 4.79. The molecule has 1 rings (SSSR count). The van der Waals surface area contributed by atoms with E-state index in [0.717, 1.165) is 5.56 Å². The summed E-state index contributed by atoms with van der Waals surface area (Å²) in [7, 11) is 0. The Morgan fingerprint density at radius 3 is 2.60 bits per heavy atom. The van der Waals surface area contributed by atoms with Gasteiger partial charge in [0.15, 0.2) is 6.61 Å². The minimum atomic E-state index is -0.0169. The fourth-order valence-corrected chi connectivity index (χ4v) is 2.20. The number of hydrogen-bond donors (Lipinski definition) is 1. The molecule has 4 nitrogen and oxygen atoms in total. The van der Waals surface area contributed by atoms with E-state index in [9.17, 15) is 4.79 Å². The number of likely N-dealkylation sites (N-methyl/N-ethyl adjacent to an activating group) is 1. The standard InChI is InChI=1S/C15H23ClN2O2/c1-4-18(5-2)15(19)10-20-14-7-6-13(16)9-12(14)8-11(3)17/h6-7,9,11H,4-5,8,10,17H2,1-3H3. The number of carbonyl (C=O) groups is 1. The number of nitrogens with zero attached hydrogens (tertiary/aromatic N) is 1. The molecule has 0 aromatic heterocycles. The van der Waals surface area contributed by atoms with Crippen LogP contribution in [0.3, 0.4) is 0 Å². The number of halogens is 1. The van der Waals surface area contributed by atoms with Crippen molar-refractivity contribution in [2.45, 2.75) is 33.2 Å². The molecule has 1 amide bonds. The van der Waals surface area contributed by atoms with Gasteiger partial charge in [-0.15, -0.1) is 0 Å². The second kappa shape index (κ2) is 8.12. The summed E-state index contributed by atoms with van der Waals surface area (Å²) in [4.78, 5) is 13.7. The Hall–Kier alpha value is -1.26. The number of amides is 1. The molecule has 0 aliphatic heterocycles. The van der Waals surface area contributed by atoms with Gasteiger partial charge in [-0.05, 0) is 51.0 Å². The molecular formula is C15H23ClN2O2. The first-order chi connectivity index (χ1) is 9.47. The zero-order valence-corrected chi connectivity index (χ0v) is 13.1. The van der Waals surface area contributed by atoms with Crippen LogP contribution in [0.15, 0.2) is 18.2 Å². The molecule has 0 saturated heterocycles. The zero-order valence-electron chi connectivity index (χ0n) is 12.4. The first kappa shape index (κ1) is 16.8. The van der Waals surface area contributed by atoms with E-state index in [4.69, 9.17) is 22.1 Å². The first-order valence-electron chi connectivity index (χ1n) is 6.92. The molecule has 0 bridgehead atoms. The van der Waals surface area contributed by atoms with E-state index < -0.39 is 0 Å². The molecule has 0 aliphatic carbocycles. The Morgan fingerprint density at radius 2 is 2.05 bits per heavy atom. The summed E-state index contributed by atoms with van der Waals surface area (Å²) in [6.45, 7) is 7.23. The minimum absolute atomic E-state index is 0.00861. The Morgan fingerprint density at radius 1 is 1.40 bits per heavy atom. The van der Waals surface area contributed by atoms with Gasteiger partial charge < -0.3 is 15.4 Å². The van der Waals surface area contributed by atoms with Gasteiger partial charge in [0.05, 0.1) is 0 Å². The summed E-state index contributed by atoms with van der Waals surface area (Å²) in [5.41, 5.74) is 6.75. The fraction of sp³-hybridized carbons (Fsp3) is 0.533. The van der Waals surface area contributed by atoms with Crippen LogP contribution in [-0.2, 0) is 11.2 Å². The van der Waals surface area contributed by atoms with Crippen LogP contribution in [0.1, 0.15) is 26.3 Å². The van der Waals surface area contributed by atoms with Crippen molar-refractivity contribution in [2.75, 3.05) is 19.7 Å². The molecule has 5 heteroatoms. The molecule has 1 atom stereocenters. The molecule has 0 heterocycles. The van der Waals surface area contributed by atoms with Gasteiger partial charge in [-0.1, -0.05) is 11.6 Å². The highest BCUT2D eigenvalue weighted by Gasteiger charge is 2.12. The Labute approximate surface area is 125 Å². The van der Waals surface area contributed by atoms with Crippen LogP contribution >= 0.6 is 11.6 Å². The second-order valence-corrected chi connectivity index (χ2v) is 5.22. The van der Waals surface area contributed by atoms with Gasteiger partial charge in [0.1, 0.15) is 5.75 Å². The molecule has 0 radical (unpaired) electrons. The first-order valence-corrected chi connectivity index (χ1v) is 7.30. The lowest BCUT2D eigenvalue weighted by Crippen LogP contribution is -2.34. The SMILES string of the molecule is CCN(CC)C(=O)COc1ccc(Cl)cc1CC(C)N. The van der Waals surface area contributed by atoms with Crippen LogP contribution in [0.4, 0.5) is 0 Å². The van der Waals surface area contributed by atoms with Gasteiger partial charge in [0.25, 0.3) is 5.91 Å². The molecule has 0 fully saturated rings. The van der Waals surface area contributed by atoms with E-state index in [1.165, 1.54) is 0 Å². The van der Waals surface area contributed by atoms with Crippen molar-refractivity contribution in [1.29, 1.82) is 0 Å². The maximum atomic E-state index is 11.9. The van der Waals surface area contributed by atoms with Crippen LogP contribution in [0.2, 0.25) is 5.02 Å². The Kier molecular flexibility index (Phi) is 6.82. The summed E-state index contributed by atoms with van der Waals surface area (Å²) in [6.07, 6.45) is 0.662. The lowest BCUT2D eigenvalue weighted by Gasteiger charge is -2.19. The van der Waals surface area contributed by atoms with Gasteiger partial charge in [-0.3, -0.25) is 4.79 Å². The topological polar surface area (TPSA) is 55.6 Å². The number of nitrogens with two attached hydrogens (primary N) is 1. The summed E-state index contributed by atoms with van der Waals surface area (Å²) in [6, 6.07) is 5.38. The average Bonchev–Trinajstić information content (AvgIpc) is 2.38. The lowest BCUT2D eigenvalue weighted by atomic mass is 10.1. The molecule has 1 unspecified atom stereocenters.